The van der Waals surface area contributed by atoms with Gasteiger partial charge >= 0.3 is 0 Å². The molecule has 0 N–H and O–H groups in total. The van der Waals surface area contributed by atoms with E-state index in [2.05, 4.69) is 76.6 Å². The molecular weight excluding hydrogens is 355 g/mol. The molecule has 0 aliphatic carbocycles. The molecule has 0 aromatic heterocycles. The van der Waals surface area contributed by atoms with E-state index >= 15 is 0 Å². The summed E-state index contributed by atoms with van der Waals surface area (Å²) in [5.74, 6) is 0. The Hall–Kier alpha value is -1.47. The molecule has 3 aromatic carbocycles. The lowest BCUT2D eigenvalue weighted by Gasteiger charge is -2.18. The van der Waals surface area contributed by atoms with Crippen molar-refractivity contribution >= 4 is 34.7 Å². The van der Waals surface area contributed by atoms with Crippen molar-refractivity contribution in [2.75, 3.05) is 0 Å². The molecular formula is C19H16BrOP. The van der Waals surface area contributed by atoms with E-state index in [0.29, 0.717) is 6.61 Å². The molecule has 0 aliphatic heterocycles. The van der Waals surface area contributed by atoms with Crippen LogP contribution in [-0.4, -0.2) is 0 Å². The minimum absolute atomic E-state index is 0.614. The van der Waals surface area contributed by atoms with Crippen molar-refractivity contribution < 1.29 is 4.52 Å². The molecule has 0 saturated heterocycles. The van der Waals surface area contributed by atoms with Crippen LogP contribution in [0.3, 0.4) is 0 Å². The average Bonchev–Trinajstić information content (AvgIpc) is 2.59. The first kappa shape index (κ1) is 15.4. The van der Waals surface area contributed by atoms with Crippen molar-refractivity contribution in [1.82, 2.24) is 0 Å². The third kappa shape index (κ3) is 4.04. The van der Waals surface area contributed by atoms with Crippen LogP contribution in [0, 0.1) is 0 Å². The summed E-state index contributed by atoms with van der Waals surface area (Å²) in [5, 5.41) is 2.47. The Balaban J connectivity index is 1.81. The van der Waals surface area contributed by atoms with Crippen LogP contribution in [0.15, 0.2) is 89.4 Å². The summed E-state index contributed by atoms with van der Waals surface area (Å²) in [6.07, 6.45) is 0. The summed E-state index contributed by atoms with van der Waals surface area (Å²) < 4.78 is 7.38. The maximum atomic E-state index is 6.29. The van der Waals surface area contributed by atoms with Gasteiger partial charge in [0, 0.05) is 15.1 Å². The fourth-order valence-electron chi connectivity index (χ4n) is 2.14. The first-order chi connectivity index (χ1) is 10.8. The second kappa shape index (κ2) is 7.69. The lowest BCUT2D eigenvalue weighted by Crippen LogP contribution is -2.13. The first-order valence-electron chi connectivity index (χ1n) is 7.10. The maximum Gasteiger partial charge on any atom is 0.0922 e. The Labute approximate surface area is 140 Å². The van der Waals surface area contributed by atoms with Crippen LogP contribution in [0.2, 0.25) is 0 Å². The van der Waals surface area contributed by atoms with Gasteiger partial charge in [0.1, 0.15) is 0 Å². The van der Waals surface area contributed by atoms with E-state index in [-0.39, 0.29) is 0 Å². The van der Waals surface area contributed by atoms with Crippen molar-refractivity contribution in [1.29, 1.82) is 0 Å². The van der Waals surface area contributed by atoms with Gasteiger partial charge in [0.2, 0.25) is 0 Å². The predicted octanol–water partition coefficient (Wildman–Crippen LogP) is 5.01. The molecule has 3 heteroatoms. The Bertz CT molecular complexity index is 659. The molecule has 0 aliphatic rings. The molecule has 0 fully saturated rings. The van der Waals surface area contributed by atoms with Gasteiger partial charge in [0.15, 0.2) is 0 Å². The molecule has 0 radical (unpaired) electrons. The maximum absolute atomic E-state index is 6.29. The summed E-state index contributed by atoms with van der Waals surface area (Å²) in [4.78, 5) is 0. The van der Waals surface area contributed by atoms with Gasteiger partial charge < -0.3 is 4.52 Å². The third-order valence-electron chi connectivity index (χ3n) is 3.25. The molecule has 110 valence electrons. The number of benzene rings is 3. The molecule has 0 atom stereocenters. The van der Waals surface area contributed by atoms with Gasteiger partial charge in [0.25, 0.3) is 0 Å². The van der Waals surface area contributed by atoms with Crippen LogP contribution in [0.4, 0.5) is 0 Å². The normalized spacial score (nSPS) is 10.8. The number of hydrogen-bond acceptors (Lipinski definition) is 1. The predicted molar refractivity (Wildman–Crippen MR) is 98.0 cm³/mol. The molecule has 22 heavy (non-hydrogen) atoms. The summed E-state index contributed by atoms with van der Waals surface area (Å²) in [6.45, 7) is 0.614. The van der Waals surface area contributed by atoms with Gasteiger partial charge in [-0.15, -0.1) is 0 Å². The standard InChI is InChI=1S/C19H16BrOP/c20-17-13-11-16(12-14-17)15-21-22(18-7-3-1-4-8-18)19-9-5-2-6-10-19/h1-14H,15H2. The molecule has 0 unspecified atom stereocenters. The lowest BCUT2D eigenvalue weighted by molar-refractivity contribution is 0.350. The van der Waals surface area contributed by atoms with Crippen LogP contribution >= 0.6 is 24.1 Å². The Morgan fingerprint density at radius 3 is 1.68 bits per heavy atom. The van der Waals surface area contributed by atoms with Crippen molar-refractivity contribution in [3.05, 3.63) is 95.0 Å². The molecule has 3 aromatic rings. The zero-order valence-electron chi connectivity index (χ0n) is 12.0. The zero-order chi connectivity index (χ0) is 15.2. The summed E-state index contributed by atoms with van der Waals surface area (Å²) in [6, 6.07) is 29.2. The van der Waals surface area contributed by atoms with Crippen LogP contribution in [-0.2, 0) is 11.1 Å². The highest BCUT2D eigenvalue weighted by Crippen LogP contribution is 2.35. The van der Waals surface area contributed by atoms with Gasteiger partial charge in [-0.1, -0.05) is 88.7 Å². The molecule has 0 saturated carbocycles. The van der Waals surface area contributed by atoms with Gasteiger partial charge in [-0.2, -0.15) is 0 Å². The topological polar surface area (TPSA) is 9.23 Å². The zero-order valence-corrected chi connectivity index (χ0v) is 14.5. The van der Waals surface area contributed by atoms with Crippen LogP contribution in [0.1, 0.15) is 5.56 Å². The number of rotatable bonds is 5. The van der Waals surface area contributed by atoms with E-state index in [1.165, 1.54) is 16.2 Å². The molecule has 1 nitrogen and oxygen atoms in total. The van der Waals surface area contributed by atoms with Crippen LogP contribution < -0.4 is 10.6 Å². The van der Waals surface area contributed by atoms with Gasteiger partial charge in [-0.25, -0.2) is 0 Å². The van der Waals surface area contributed by atoms with Crippen LogP contribution in [0.5, 0.6) is 0 Å². The van der Waals surface area contributed by atoms with Crippen molar-refractivity contribution in [3.8, 4) is 0 Å². The highest BCUT2D eigenvalue weighted by atomic mass is 79.9. The Morgan fingerprint density at radius 1 is 0.682 bits per heavy atom. The third-order valence-corrected chi connectivity index (χ3v) is 5.71. The fourth-order valence-corrected chi connectivity index (χ4v) is 4.17. The quantitative estimate of drug-likeness (QED) is 0.573. The first-order valence-corrected chi connectivity index (χ1v) is 9.16. The second-order valence-corrected chi connectivity index (χ2v) is 7.66. The van der Waals surface area contributed by atoms with E-state index in [0.717, 1.165) is 4.47 Å². The highest BCUT2D eigenvalue weighted by Gasteiger charge is 2.14. The van der Waals surface area contributed by atoms with E-state index < -0.39 is 8.15 Å². The SMILES string of the molecule is Brc1ccc(COP(c2ccccc2)c2ccccc2)cc1. The number of halogens is 1. The monoisotopic (exact) mass is 370 g/mol. The van der Waals surface area contributed by atoms with Gasteiger partial charge in [-0.05, 0) is 17.7 Å². The lowest BCUT2D eigenvalue weighted by atomic mass is 10.2. The Kier molecular flexibility index (Phi) is 5.39. The van der Waals surface area contributed by atoms with Gasteiger partial charge in [0.05, 0.1) is 14.8 Å². The summed E-state index contributed by atoms with van der Waals surface area (Å²) in [7, 11) is -0.794. The fraction of sp³-hybridized carbons (Fsp3) is 0.0526. The van der Waals surface area contributed by atoms with E-state index in [1.807, 2.05) is 24.3 Å². The smallest absolute Gasteiger partial charge is 0.0922 e. The van der Waals surface area contributed by atoms with E-state index in [1.54, 1.807) is 0 Å². The number of hydrogen-bond donors (Lipinski definition) is 0. The van der Waals surface area contributed by atoms with Crippen LogP contribution in [0.25, 0.3) is 0 Å². The largest absolute Gasteiger partial charge is 0.345 e. The summed E-state index contributed by atoms with van der Waals surface area (Å²) in [5.41, 5.74) is 1.18. The molecule has 0 heterocycles. The molecule has 0 bridgehead atoms. The Morgan fingerprint density at radius 2 is 1.18 bits per heavy atom. The molecule has 3 rings (SSSR count). The van der Waals surface area contributed by atoms with E-state index in [9.17, 15) is 0 Å². The highest BCUT2D eigenvalue weighted by molar-refractivity contribution is 9.10. The minimum atomic E-state index is -0.794. The minimum Gasteiger partial charge on any atom is -0.345 e. The average molecular weight is 371 g/mol. The van der Waals surface area contributed by atoms with Crippen molar-refractivity contribution in [2.24, 2.45) is 0 Å². The van der Waals surface area contributed by atoms with E-state index in [4.69, 9.17) is 4.52 Å². The summed E-state index contributed by atoms with van der Waals surface area (Å²) >= 11 is 3.46. The molecule has 0 amide bonds. The van der Waals surface area contributed by atoms with Gasteiger partial charge in [-0.3, -0.25) is 0 Å². The second-order valence-electron chi connectivity index (χ2n) is 4.87. The van der Waals surface area contributed by atoms with Crippen molar-refractivity contribution in [2.45, 2.75) is 6.61 Å². The van der Waals surface area contributed by atoms with Crippen molar-refractivity contribution in [3.63, 3.8) is 0 Å². The molecule has 0 spiro atoms.